The highest BCUT2D eigenvalue weighted by atomic mass is 19.1. The molecule has 0 heterocycles. The summed E-state index contributed by atoms with van der Waals surface area (Å²) in [6, 6.07) is 0.673. The van der Waals surface area contributed by atoms with E-state index < -0.39 is 29.2 Å². The van der Waals surface area contributed by atoms with Crippen LogP contribution in [0.5, 0.6) is 5.75 Å². The molecule has 3 N–H and O–H groups in total. The topological polar surface area (TPSA) is 63.3 Å². The van der Waals surface area contributed by atoms with Gasteiger partial charge in [-0.2, -0.15) is 0 Å². The third-order valence-electron chi connectivity index (χ3n) is 1.71. The molecule has 0 spiro atoms. The highest BCUT2D eigenvalue weighted by Gasteiger charge is 2.16. The van der Waals surface area contributed by atoms with Gasteiger partial charge in [-0.3, -0.25) is 4.79 Å². The van der Waals surface area contributed by atoms with E-state index in [2.05, 4.69) is 0 Å². The highest BCUT2D eigenvalue weighted by Crippen LogP contribution is 2.21. The molecule has 1 atom stereocenters. The molecule has 0 radical (unpaired) electrons. The van der Waals surface area contributed by atoms with Crippen molar-refractivity contribution in [1.29, 1.82) is 0 Å². The monoisotopic (exact) mass is 201 g/mol. The Morgan fingerprint density at radius 1 is 1.43 bits per heavy atom. The van der Waals surface area contributed by atoms with Crippen LogP contribution in [0.15, 0.2) is 12.1 Å². The second-order valence-corrected chi connectivity index (χ2v) is 2.94. The van der Waals surface area contributed by atoms with Crippen molar-refractivity contribution in [3.63, 3.8) is 0 Å². The average Bonchev–Trinajstić information content (AvgIpc) is 2.12. The second-order valence-electron chi connectivity index (χ2n) is 2.94. The Bertz CT molecular complexity index is 354. The number of halogens is 2. The lowest BCUT2D eigenvalue weighted by atomic mass is 10.1. The number of Topliss-reactive ketones (excluding diaryl/α,β-unsaturated/α-hetero) is 1. The Morgan fingerprint density at radius 2 is 1.86 bits per heavy atom. The van der Waals surface area contributed by atoms with Gasteiger partial charge in [-0.25, -0.2) is 8.78 Å². The van der Waals surface area contributed by atoms with E-state index in [9.17, 15) is 13.6 Å². The fraction of sp³-hybridized carbons (Fsp3) is 0.222. The van der Waals surface area contributed by atoms with Gasteiger partial charge in [-0.15, -0.1) is 0 Å². The largest absolute Gasteiger partial charge is 0.503 e. The Balaban J connectivity index is 3.19. The van der Waals surface area contributed by atoms with Crippen molar-refractivity contribution in [2.24, 2.45) is 5.73 Å². The molecule has 0 amide bonds. The average molecular weight is 201 g/mol. The number of aromatic hydroxyl groups is 1. The third kappa shape index (κ3) is 1.88. The molecule has 0 bridgehead atoms. The van der Waals surface area contributed by atoms with E-state index in [4.69, 9.17) is 10.8 Å². The van der Waals surface area contributed by atoms with Gasteiger partial charge in [0.05, 0.1) is 6.04 Å². The first kappa shape index (κ1) is 10.6. The number of carbonyl (C=O) groups is 1. The first-order chi connectivity index (χ1) is 6.43. The van der Waals surface area contributed by atoms with Gasteiger partial charge in [0.25, 0.3) is 0 Å². The van der Waals surface area contributed by atoms with Gasteiger partial charge in [0.15, 0.2) is 23.2 Å². The van der Waals surface area contributed by atoms with Gasteiger partial charge in [-0.05, 0) is 19.1 Å². The molecular weight excluding hydrogens is 192 g/mol. The summed E-state index contributed by atoms with van der Waals surface area (Å²) in [5.41, 5.74) is 5.06. The summed E-state index contributed by atoms with van der Waals surface area (Å²) in [6.07, 6.45) is 0. The molecule has 5 heteroatoms. The maximum atomic E-state index is 12.8. The van der Waals surface area contributed by atoms with Gasteiger partial charge in [0.1, 0.15) is 0 Å². The molecule has 1 aromatic carbocycles. The first-order valence-corrected chi connectivity index (χ1v) is 3.91. The van der Waals surface area contributed by atoms with Crippen LogP contribution in [0.1, 0.15) is 17.3 Å². The van der Waals surface area contributed by atoms with Crippen molar-refractivity contribution in [3.8, 4) is 5.75 Å². The summed E-state index contributed by atoms with van der Waals surface area (Å²) >= 11 is 0. The minimum absolute atomic E-state index is 0.187. The van der Waals surface area contributed by atoms with Gasteiger partial charge in [-0.1, -0.05) is 0 Å². The van der Waals surface area contributed by atoms with E-state index in [0.29, 0.717) is 0 Å². The lowest BCUT2D eigenvalue weighted by Crippen LogP contribution is -2.26. The molecule has 0 aliphatic carbocycles. The van der Waals surface area contributed by atoms with E-state index in [1.165, 1.54) is 6.92 Å². The van der Waals surface area contributed by atoms with E-state index in [-0.39, 0.29) is 5.56 Å². The summed E-state index contributed by atoms with van der Waals surface area (Å²) in [5, 5.41) is 8.76. The zero-order valence-electron chi connectivity index (χ0n) is 7.42. The molecular formula is C9H9F2NO2. The molecule has 1 rings (SSSR count). The number of phenolic OH excluding ortho intramolecular Hbond substituents is 1. The fourth-order valence-electron chi connectivity index (χ4n) is 0.971. The SMILES string of the molecule is CC(N)C(=O)c1cc(F)c(O)c(F)c1. The van der Waals surface area contributed by atoms with Crippen molar-refractivity contribution < 1.29 is 18.7 Å². The van der Waals surface area contributed by atoms with Crippen molar-refractivity contribution >= 4 is 5.78 Å². The molecule has 14 heavy (non-hydrogen) atoms. The zero-order chi connectivity index (χ0) is 10.9. The molecule has 1 unspecified atom stereocenters. The predicted molar refractivity (Wildman–Crippen MR) is 46.0 cm³/mol. The van der Waals surface area contributed by atoms with E-state index >= 15 is 0 Å². The Morgan fingerprint density at radius 3 is 2.21 bits per heavy atom. The summed E-state index contributed by atoms with van der Waals surface area (Å²) in [5.74, 6) is -4.02. The van der Waals surface area contributed by atoms with Crippen LogP contribution >= 0.6 is 0 Å². The molecule has 0 aliphatic rings. The Hall–Kier alpha value is -1.49. The Kier molecular flexibility index (Phi) is 2.81. The van der Waals surface area contributed by atoms with Crippen molar-refractivity contribution in [1.82, 2.24) is 0 Å². The maximum absolute atomic E-state index is 12.8. The van der Waals surface area contributed by atoms with Gasteiger partial charge in [0.2, 0.25) is 0 Å². The molecule has 3 nitrogen and oxygen atoms in total. The quantitative estimate of drug-likeness (QED) is 0.706. The van der Waals surface area contributed by atoms with Crippen LogP contribution in [0.3, 0.4) is 0 Å². The van der Waals surface area contributed by atoms with E-state index in [0.717, 1.165) is 12.1 Å². The molecule has 1 aromatic rings. The van der Waals surface area contributed by atoms with Gasteiger partial charge in [0, 0.05) is 5.56 Å². The Labute approximate surface area is 79.2 Å². The van der Waals surface area contributed by atoms with Crippen molar-refractivity contribution in [2.45, 2.75) is 13.0 Å². The second kappa shape index (κ2) is 3.71. The van der Waals surface area contributed by atoms with Crippen LogP contribution in [0, 0.1) is 11.6 Å². The third-order valence-corrected chi connectivity index (χ3v) is 1.71. The van der Waals surface area contributed by atoms with Gasteiger partial charge >= 0.3 is 0 Å². The lowest BCUT2D eigenvalue weighted by molar-refractivity contribution is 0.0967. The molecule has 0 saturated carbocycles. The number of hydrogen-bond donors (Lipinski definition) is 2. The molecule has 76 valence electrons. The lowest BCUT2D eigenvalue weighted by Gasteiger charge is -2.05. The van der Waals surface area contributed by atoms with Crippen LogP contribution in [0.25, 0.3) is 0 Å². The minimum Gasteiger partial charge on any atom is -0.503 e. The summed E-state index contributed by atoms with van der Waals surface area (Å²) in [6.45, 7) is 1.41. The van der Waals surface area contributed by atoms with Crippen LogP contribution in [-0.4, -0.2) is 16.9 Å². The smallest absolute Gasteiger partial charge is 0.187 e. The standard InChI is InChI=1S/C9H9F2NO2/c1-4(12)8(13)5-2-6(10)9(14)7(11)3-5/h2-4,14H,12H2,1H3. The number of nitrogens with two attached hydrogens (primary N) is 1. The zero-order valence-corrected chi connectivity index (χ0v) is 7.42. The number of hydrogen-bond acceptors (Lipinski definition) is 3. The summed E-state index contributed by atoms with van der Waals surface area (Å²) < 4.78 is 25.6. The maximum Gasteiger partial charge on any atom is 0.187 e. The van der Waals surface area contributed by atoms with Gasteiger partial charge < -0.3 is 10.8 Å². The number of carbonyl (C=O) groups excluding carboxylic acids is 1. The van der Waals surface area contributed by atoms with Crippen LogP contribution < -0.4 is 5.73 Å². The van der Waals surface area contributed by atoms with Crippen LogP contribution in [0.4, 0.5) is 8.78 Å². The number of rotatable bonds is 2. The first-order valence-electron chi connectivity index (χ1n) is 3.91. The highest BCUT2D eigenvalue weighted by molar-refractivity contribution is 5.99. The minimum atomic E-state index is -1.17. The van der Waals surface area contributed by atoms with Crippen molar-refractivity contribution in [3.05, 3.63) is 29.3 Å². The number of phenols is 1. The number of benzene rings is 1. The van der Waals surface area contributed by atoms with Crippen molar-refractivity contribution in [2.75, 3.05) is 0 Å². The number of ketones is 1. The molecule has 0 saturated heterocycles. The van der Waals surface area contributed by atoms with E-state index in [1.54, 1.807) is 0 Å². The van der Waals surface area contributed by atoms with E-state index in [1.807, 2.05) is 0 Å². The molecule has 0 aliphatic heterocycles. The summed E-state index contributed by atoms with van der Waals surface area (Å²) in [7, 11) is 0. The van der Waals surface area contributed by atoms with Crippen LogP contribution in [-0.2, 0) is 0 Å². The fourth-order valence-corrected chi connectivity index (χ4v) is 0.971. The molecule has 0 aromatic heterocycles. The normalized spacial score (nSPS) is 12.6. The van der Waals surface area contributed by atoms with Crippen LogP contribution in [0.2, 0.25) is 0 Å². The predicted octanol–water partition coefficient (Wildman–Crippen LogP) is 1.20. The summed E-state index contributed by atoms with van der Waals surface area (Å²) in [4.78, 5) is 11.2. The molecule has 0 fully saturated rings.